The zero-order valence-corrected chi connectivity index (χ0v) is 14.3. The monoisotopic (exact) mass is 347 g/mol. The first-order valence-corrected chi connectivity index (χ1v) is 9.09. The van der Waals surface area contributed by atoms with Crippen molar-refractivity contribution in [2.45, 2.75) is 38.3 Å². The number of carboxylic acids is 1. The summed E-state index contributed by atoms with van der Waals surface area (Å²) in [5.41, 5.74) is 0.304. The SMILES string of the molecule is O=C(NC1CC1)N1CCC[C@]2(C(=O)O)CN(Cc3ccoc3)C[C@@H]2C1. The van der Waals surface area contributed by atoms with Crippen molar-refractivity contribution in [3.63, 3.8) is 0 Å². The molecule has 1 aromatic rings. The fraction of sp³-hybridized carbons (Fsp3) is 0.667. The second-order valence-electron chi connectivity index (χ2n) is 7.73. The van der Waals surface area contributed by atoms with Crippen molar-refractivity contribution >= 4 is 12.0 Å². The molecular formula is C18H25N3O4. The molecule has 1 aromatic heterocycles. The Bertz CT molecular complexity index is 643. The summed E-state index contributed by atoms with van der Waals surface area (Å²) in [7, 11) is 0. The molecule has 7 nitrogen and oxygen atoms in total. The van der Waals surface area contributed by atoms with Crippen LogP contribution in [0.15, 0.2) is 23.0 Å². The number of nitrogens with one attached hydrogen (secondary N) is 1. The molecule has 3 aliphatic rings. The Morgan fingerprint density at radius 2 is 2.20 bits per heavy atom. The van der Waals surface area contributed by atoms with Gasteiger partial charge in [-0.1, -0.05) is 0 Å². The van der Waals surface area contributed by atoms with Crippen LogP contribution in [0.1, 0.15) is 31.2 Å². The molecule has 2 aliphatic heterocycles. The lowest BCUT2D eigenvalue weighted by Gasteiger charge is -2.29. The highest BCUT2D eigenvalue weighted by Gasteiger charge is 2.53. The van der Waals surface area contributed by atoms with E-state index in [1.165, 1.54) is 0 Å². The van der Waals surface area contributed by atoms with Crippen molar-refractivity contribution in [3.05, 3.63) is 24.2 Å². The number of hydrogen-bond acceptors (Lipinski definition) is 4. The first kappa shape index (κ1) is 16.4. The molecule has 0 spiro atoms. The van der Waals surface area contributed by atoms with E-state index in [0.717, 1.165) is 24.8 Å². The van der Waals surface area contributed by atoms with Gasteiger partial charge in [-0.25, -0.2) is 4.79 Å². The Hall–Kier alpha value is -2.02. The van der Waals surface area contributed by atoms with Gasteiger partial charge in [-0.3, -0.25) is 9.69 Å². The third-order valence-electron chi connectivity index (χ3n) is 5.86. The second-order valence-corrected chi connectivity index (χ2v) is 7.73. The normalized spacial score (nSPS) is 29.9. The number of aliphatic carboxylic acids is 1. The largest absolute Gasteiger partial charge is 0.481 e. The van der Waals surface area contributed by atoms with Gasteiger partial charge in [0.05, 0.1) is 17.9 Å². The molecule has 1 saturated carbocycles. The van der Waals surface area contributed by atoms with Crippen LogP contribution in [-0.4, -0.2) is 59.1 Å². The highest BCUT2D eigenvalue weighted by atomic mass is 16.4. The molecule has 25 heavy (non-hydrogen) atoms. The van der Waals surface area contributed by atoms with Crippen molar-refractivity contribution in [1.82, 2.24) is 15.1 Å². The Kier molecular flexibility index (Phi) is 4.19. The Morgan fingerprint density at radius 1 is 1.36 bits per heavy atom. The average molecular weight is 347 g/mol. The number of carboxylic acid groups (broad SMARTS) is 1. The summed E-state index contributed by atoms with van der Waals surface area (Å²) in [4.78, 5) is 28.6. The fourth-order valence-electron chi connectivity index (χ4n) is 4.33. The summed E-state index contributed by atoms with van der Waals surface area (Å²) < 4.78 is 5.12. The summed E-state index contributed by atoms with van der Waals surface area (Å²) in [5, 5.41) is 13.0. The molecule has 0 bridgehead atoms. The summed E-state index contributed by atoms with van der Waals surface area (Å²) in [5.74, 6) is -0.763. The van der Waals surface area contributed by atoms with Gasteiger partial charge in [0.2, 0.25) is 0 Å². The maximum Gasteiger partial charge on any atom is 0.317 e. The lowest BCUT2D eigenvalue weighted by molar-refractivity contribution is -0.150. The first-order valence-electron chi connectivity index (χ1n) is 9.09. The summed E-state index contributed by atoms with van der Waals surface area (Å²) in [6.45, 7) is 3.09. The van der Waals surface area contributed by atoms with Crippen molar-refractivity contribution < 1.29 is 19.1 Å². The molecule has 0 unspecified atom stereocenters. The van der Waals surface area contributed by atoms with E-state index in [4.69, 9.17) is 4.42 Å². The van der Waals surface area contributed by atoms with E-state index in [2.05, 4.69) is 10.2 Å². The molecular weight excluding hydrogens is 322 g/mol. The number of urea groups is 1. The molecule has 2 saturated heterocycles. The predicted molar refractivity (Wildman–Crippen MR) is 89.9 cm³/mol. The number of rotatable bonds is 4. The average Bonchev–Trinajstić information content (AvgIpc) is 3.17. The minimum Gasteiger partial charge on any atom is -0.481 e. The number of likely N-dealkylation sites (tertiary alicyclic amines) is 2. The number of fused-ring (bicyclic) bond motifs is 1. The molecule has 0 aromatic carbocycles. The minimum atomic E-state index is -0.752. The zero-order chi connectivity index (χ0) is 17.4. The quantitative estimate of drug-likeness (QED) is 0.867. The van der Waals surface area contributed by atoms with Gasteiger partial charge in [-0.05, 0) is 31.7 Å². The van der Waals surface area contributed by atoms with Gasteiger partial charge in [0.1, 0.15) is 0 Å². The van der Waals surface area contributed by atoms with E-state index in [1.807, 2.05) is 11.0 Å². The van der Waals surface area contributed by atoms with E-state index < -0.39 is 11.4 Å². The topological polar surface area (TPSA) is 86.0 Å². The Morgan fingerprint density at radius 3 is 2.88 bits per heavy atom. The number of carbonyl (C=O) groups excluding carboxylic acids is 1. The third-order valence-corrected chi connectivity index (χ3v) is 5.86. The molecule has 3 fully saturated rings. The first-order chi connectivity index (χ1) is 12.1. The van der Waals surface area contributed by atoms with E-state index >= 15 is 0 Å². The smallest absolute Gasteiger partial charge is 0.317 e. The number of carbonyl (C=O) groups is 2. The molecule has 0 radical (unpaired) electrons. The summed E-state index contributed by atoms with van der Waals surface area (Å²) >= 11 is 0. The van der Waals surface area contributed by atoms with Gasteiger partial charge in [-0.2, -0.15) is 0 Å². The lowest BCUT2D eigenvalue weighted by atomic mass is 9.75. The number of amides is 2. The van der Waals surface area contributed by atoms with Crippen LogP contribution in [0.4, 0.5) is 4.79 Å². The summed E-state index contributed by atoms with van der Waals surface area (Å²) in [6, 6.07) is 2.20. The molecule has 2 atom stereocenters. The molecule has 1 aliphatic carbocycles. The Balaban J connectivity index is 1.49. The predicted octanol–water partition coefficient (Wildman–Crippen LogP) is 1.75. The van der Waals surface area contributed by atoms with Crippen LogP contribution in [0.2, 0.25) is 0 Å². The minimum absolute atomic E-state index is 0.0306. The maximum absolute atomic E-state index is 12.4. The molecule has 2 N–H and O–H groups in total. The Labute approximate surface area is 147 Å². The fourth-order valence-corrected chi connectivity index (χ4v) is 4.33. The van der Waals surface area contributed by atoms with Crippen LogP contribution < -0.4 is 5.32 Å². The van der Waals surface area contributed by atoms with Crippen LogP contribution in [0.25, 0.3) is 0 Å². The molecule has 3 heterocycles. The van der Waals surface area contributed by atoms with E-state index in [0.29, 0.717) is 45.2 Å². The maximum atomic E-state index is 12.4. The van der Waals surface area contributed by atoms with Crippen LogP contribution in [-0.2, 0) is 11.3 Å². The molecule has 136 valence electrons. The van der Waals surface area contributed by atoms with Gasteiger partial charge in [0.25, 0.3) is 0 Å². The zero-order valence-electron chi connectivity index (χ0n) is 14.3. The van der Waals surface area contributed by atoms with Crippen LogP contribution >= 0.6 is 0 Å². The van der Waals surface area contributed by atoms with Crippen LogP contribution in [0.3, 0.4) is 0 Å². The lowest BCUT2D eigenvalue weighted by Crippen LogP contribution is -2.46. The standard InChI is InChI=1S/C18H25N3O4/c22-16(23)18-5-1-6-21(17(24)19-15-2-3-15)10-14(18)9-20(12-18)8-13-4-7-25-11-13/h4,7,11,14-15H,1-3,5-6,8-10,12H2,(H,19,24)(H,22,23)/t14-,18+/m1/s1. The molecule has 4 rings (SSSR count). The summed E-state index contributed by atoms with van der Waals surface area (Å²) in [6.07, 6.45) is 6.82. The van der Waals surface area contributed by atoms with Gasteiger partial charge < -0.3 is 19.7 Å². The number of furan rings is 1. The third kappa shape index (κ3) is 3.25. The van der Waals surface area contributed by atoms with Crippen LogP contribution in [0, 0.1) is 11.3 Å². The van der Waals surface area contributed by atoms with Gasteiger partial charge in [0.15, 0.2) is 0 Å². The van der Waals surface area contributed by atoms with Crippen molar-refractivity contribution in [3.8, 4) is 0 Å². The van der Waals surface area contributed by atoms with E-state index in [9.17, 15) is 14.7 Å². The number of nitrogens with zero attached hydrogens (tertiary/aromatic N) is 2. The van der Waals surface area contributed by atoms with Crippen molar-refractivity contribution in [1.29, 1.82) is 0 Å². The molecule has 7 heteroatoms. The van der Waals surface area contributed by atoms with Crippen molar-refractivity contribution in [2.75, 3.05) is 26.2 Å². The highest BCUT2D eigenvalue weighted by molar-refractivity contribution is 5.77. The van der Waals surface area contributed by atoms with Gasteiger partial charge in [-0.15, -0.1) is 0 Å². The van der Waals surface area contributed by atoms with Gasteiger partial charge in [0, 0.05) is 50.2 Å². The second kappa shape index (κ2) is 6.37. The van der Waals surface area contributed by atoms with E-state index in [-0.39, 0.29) is 11.9 Å². The van der Waals surface area contributed by atoms with E-state index in [1.54, 1.807) is 12.5 Å². The van der Waals surface area contributed by atoms with Gasteiger partial charge >= 0.3 is 12.0 Å². The number of hydrogen-bond donors (Lipinski definition) is 2. The van der Waals surface area contributed by atoms with Crippen LogP contribution in [0.5, 0.6) is 0 Å². The highest BCUT2D eigenvalue weighted by Crippen LogP contribution is 2.43. The molecule has 2 amide bonds. The van der Waals surface area contributed by atoms with Crippen molar-refractivity contribution in [2.24, 2.45) is 11.3 Å².